The Hall–Kier alpha value is -2.38. The van der Waals surface area contributed by atoms with Gasteiger partial charge in [0.15, 0.2) is 0 Å². The van der Waals surface area contributed by atoms with E-state index >= 15 is 0 Å². The topological polar surface area (TPSA) is 99.1 Å². The number of carbonyl (C=O) groups excluding carboxylic acids is 2. The summed E-state index contributed by atoms with van der Waals surface area (Å²) in [5, 5.41) is 23.3. The number of aliphatic hydroxyl groups is 2. The van der Waals surface area contributed by atoms with Crippen LogP contribution in [-0.4, -0.2) is 64.9 Å². The molecule has 0 saturated heterocycles. The molecule has 3 N–H and O–H groups in total. The van der Waals surface area contributed by atoms with Crippen molar-refractivity contribution in [3.63, 3.8) is 0 Å². The lowest BCUT2D eigenvalue weighted by atomic mass is 9.77. The first-order valence-corrected chi connectivity index (χ1v) is 11.7. The lowest BCUT2D eigenvalue weighted by molar-refractivity contribution is -0.137. The van der Waals surface area contributed by atoms with E-state index in [2.05, 4.69) is 19.2 Å². The molecule has 176 valence electrons. The summed E-state index contributed by atoms with van der Waals surface area (Å²) < 4.78 is 6.12. The number of rotatable bonds is 10. The maximum absolute atomic E-state index is 13.1. The van der Waals surface area contributed by atoms with Crippen LogP contribution in [0.5, 0.6) is 5.75 Å². The van der Waals surface area contributed by atoms with Gasteiger partial charge in [0, 0.05) is 30.6 Å². The van der Waals surface area contributed by atoms with Gasteiger partial charge in [0.25, 0.3) is 0 Å². The third kappa shape index (κ3) is 5.15. The predicted molar refractivity (Wildman–Crippen MR) is 122 cm³/mol. The van der Waals surface area contributed by atoms with Gasteiger partial charge in [-0.05, 0) is 30.9 Å². The number of nitrogens with one attached hydrogen (secondary N) is 1. The zero-order chi connectivity index (χ0) is 23.3. The summed E-state index contributed by atoms with van der Waals surface area (Å²) in [6.45, 7) is 6.72. The number of ether oxygens (including phenoxy) is 1. The Balaban J connectivity index is 1.99. The van der Waals surface area contributed by atoms with Crippen LogP contribution in [0.1, 0.15) is 57.9 Å². The molecule has 0 aromatic heterocycles. The van der Waals surface area contributed by atoms with E-state index in [1.807, 2.05) is 31.2 Å². The van der Waals surface area contributed by atoms with Crippen LogP contribution in [0.2, 0.25) is 0 Å². The zero-order valence-electron chi connectivity index (χ0n) is 19.3. The number of unbranched alkanes of at least 4 members (excludes halogenated alkanes) is 1. The minimum Gasteiger partial charge on any atom is -0.486 e. The first-order valence-electron chi connectivity index (χ1n) is 11.7. The molecule has 32 heavy (non-hydrogen) atoms. The van der Waals surface area contributed by atoms with Gasteiger partial charge >= 0.3 is 0 Å². The van der Waals surface area contributed by atoms with E-state index in [1.165, 1.54) is 0 Å². The fraction of sp³-hybridized carbons (Fsp3) is 0.600. The largest absolute Gasteiger partial charge is 0.486 e. The highest BCUT2D eigenvalue weighted by Crippen LogP contribution is 2.47. The molecule has 1 aliphatic carbocycles. The Kier molecular flexibility index (Phi) is 8.32. The van der Waals surface area contributed by atoms with Crippen molar-refractivity contribution in [1.29, 1.82) is 0 Å². The quantitative estimate of drug-likeness (QED) is 0.515. The van der Waals surface area contributed by atoms with Crippen molar-refractivity contribution >= 4 is 11.8 Å². The summed E-state index contributed by atoms with van der Waals surface area (Å²) in [5.74, 6) is 0.295. The van der Waals surface area contributed by atoms with E-state index in [-0.39, 0.29) is 25.0 Å². The molecule has 2 amide bonds. The fourth-order valence-corrected chi connectivity index (χ4v) is 4.50. The Morgan fingerprint density at radius 2 is 2.00 bits per heavy atom. The molecule has 0 spiro atoms. The summed E-state index contributed by atoms with van der Waals surface area (Å²) >= 11 is 0. The van der Waals surface area contributed by atoms with Gasteiger partial charge in [-0.15, -0.1) is 0 Å². The number of hydrogen-bond acceptors (Lipinski definition) is 5. The minimum atomic E-state index is -0.959. The molecule has 0 unspecified atom stereocenters. The molecule has 7 nitrogen and oxygen atoms in total. The van der Waals surface area contributed by atoms with Crippen LogP contribution >= 0.6 is 0 Å². The van der Waals surface area contributed by atoms with Crippen LogP contribution in [0.25, 0.3) is 0 Å². The molecule has 1 aromatic carbocycles. The standard InChI is InChI=1S/C25H36N2O5/c1-4-5-10-21(29)27(13-11-16(2)3)19-15-18(25(31)26-12-14-28)22-17-8-6-7-9-20(17)32-24(22)23(19)30/h6-9,15-16,19,22-24,28,30H,4-5,10-14H2,1-3H3,(H,26,31)/t19-,22+,23+,24+/m1/s1. The van der Waals surface area contributed by atoms with E-state index < -0.39 is 24.2 Å². The molecule has 0 fully saturated rings. The molecule has 1 aromatic rings. The van der Waals surface area contributed by atoms with Gasteiger partial charge in [-0.1, -0.05) is 45.4 Å². The second-order valence-corrected chi connectivity index (χ2v) is 9.05. The van der Waals surface area contributed by atoms with Crippen LogP contribution in [0.3, 0.4) is 0 Å². The molecule has 1 aliphatic heterocycles. The summed E-state index contributed by atoms with van der Waals surface area (Å²) in [7, 11) is 0. The molecule has 0 bridgehead atoms. The minimum absolute atomic E-state index is 0.0168. The van der Waals surface area contributed by atoms with Gasteiger partial charge in [0.1, 0.15) is 18.0 Å². The van der Waals surface area contributed by atoms with E-state index in [1.54, 1.807) is 11.0 Å². The Morgan fingerprint density at radius 3 is 2.69 bits per heavy atom. The van der Waals surface area contributed by atoms with Gasteiger partial charge < -0.3 is 25.2 Å². The molecular formula is C25H36N2O5. The average Bonchev–Trinajstić information content (AvgIpc) is 3.17. The maximum Gasteiger partial charge on any atom is 0.247 e. The first kappa shape index (κ1) is 24.3. The van der Waals surface area contributed by atoms with Crippen LogP contribution < -0.4 is 10.1 Å². The molecule has 2 aliphatic rings. The Bertz CT molecular complexity index is 837. The summed E-state index contributed by atoms with van der Waals surface area (Å²) in [6.07, 6.45) is 3.03. The molecule has 3 rings (SSSR count). The second-order valence-electron chi connectivity index (χ2n) is 9.05. The normalized spacial score (nSPS) is 23.8. The van der Waals surface area contributed by atoms with Crippen LogP contribution in [0.15, 0.2) is 35.9 Å². The molecule has 0 radical (unpaired) electrons. The van der Waals surface area contributed by atoms with Crippen molar-refractivity contribution in [2.24, 2.45) is 5.92 Å². The van der Waals surface area contributed by atoms with E-state index in [0.717, 1.165) is 24.8 Å². The highest BCUT2D eigenvalue weighted by Gasteiger charge is 2.50. The van der Waals surface area contributed by atoms with Crippen LogP contribution in [0.4, 0.5) is 0 Å². The van der Waals surface area contributed by atoms with Gasteiger partial charge in [-0.2, -0.15) is 0 Å². The molecule has 0 saturated carbocycles. The summed E-state index contributed by atoms with van der Waals surface area (Å²) in [5.41, 5.74) is 1.33. The summed E-state index contributed by atoms with van der Waals surface area (Å²) in [6, 6.07) is 6.84. The number of aliphatic hydroxyl groups excluding tert-OH is 2. The van der Waals surface area contributed by atoms with Crippen LogP contribution in [0, 0.1) is 5.92 Å². The third-order valence-corrected chi connectivity index (χ3v) is 6.25. The van der Waals surface area contributed by atoms with Crippen LogP contribution in [-0.2, 0) is 9.59 Å². The smallest absolute Gasteiger partial charge is 0.247 e. The SMILES string of the molecule is CCCCC(=O)N(CCC(C)C)[C@@H]1C=C(C(=O)NCCO)[C@@H]2c3ccccc3O[C@@H]2[C@H]1O. The number of nitrogens with zero attached hydrogens (tertiary/aromatic N) is 1. The number of benzene rings is 1. The number of amides is 2. The molecule has 4 atom stereocenters. The lowest BCUT2D eigenvalue weighted by Gasteiger charge is -2.41. The highest BCUT2D eigenvalue weighted by molar-refractivity contribution is 5.96. The molecule has 7 heteroatoms. The van der Waals surface area contributed by atoms with E-state index in [4.69, 9.17) is 9.84 Å². The lowest BCUT2D eigenvalue weighted by Crippen LogP contribution is -2.56. The van der Waals surface area contributed by atoms with Gasteiger partial charge in [-0.3, -0.25) is 9.59 Å². The first-order chi connectivity index (χ1) is 15.4. The van der Waals surface area contributed by atoms with Crippen molar-refractivity contribution in [1.82, 2.24) is 10.2 Å². The van der Waals surface area contributed by atoms with Gasteiger partial charge in [0.05, 0.1) is 18.6 Å². The summed E-state index contributed by atoms with van der Waals surface area (Å²) in [4.78, 5) is 27.9. The monoisotopic (exact) mass is 444 g/mol. The van der Waals surface area contributed by atoms with Gasteiger partial charge in [-0.25, -0.2) is 0 Å². The zero-order valence-corrected chi connectivity index (χ0v) is 19.3. The number of hydrogen-bond donors (Lipinski definition) is 3. The van der Waals surface area contributed by atoms with Gasteiger partial charge in [0.2, 0.25) is 11.8 Å². The molecule has 1 heterocycles. The number of carbonyl (C=O) groups is 2. The fourth-order valence-electron chi connectivity index (χ4n) is 4.50. The van der Waals surface area contributed by atoms with Crippen molar-refractivity contribution in [2.75, 3.05) is 19.7 Å². The Labute approximate surface area is 190 Å². The van der Waals surface area contributed by atoms with Crippen molar-refractivity contribution in [3.8, 4) is 5.75 Å². The predicted octanol–water partition coefficient (Wildman–Crippen LogP) is 2.37. The molecular weight excluding hydrogens is 408 g/mol. The van der Waals surface area contributed by atoms with E-state index in [0.29, 0.717) is 30.2 Å². The number of para-hydroxylation sites is 1. The second kappa shape index (κ2) is 11.0. The maximum atomic E-state index is 13.1. The van der Waals surface area contributed by atoms with Crippen molar-refractivity contribution in [2.45, 2.75) is 70.6 Å². The highest BCUT2D eigenvalue weighted by atomic mass is 16.5. The number of fused-ring (bicyclic) bond motifs is 3. The van der Waals surface area contributed by atoms with Crippen molar-refractivity contribution < 1.29 is 24.5 Å². The average molecular weight is 445 g/mol. The van der Waals surface area contributed by atoms with E-state index in [9.17, 15) is 14.7 Å². The third-order valence-electron chi connectivity index (χ3n) is 6.25. The Morgan fingerprint density at radius 1 is 1.25 bits per heavy atom. The van der Waals surface area contributed by atoms with Crippen molar-refractivity contribution in [3.05, 3.63) is 41.5 Å².